The summed E-state index contributed by atoms with van der Waals surface area (Å²) in [6, 6.07) is 0. The highest BCUT2D eigenvalue weighted by atomic mass is 16.7. The van der Waals surface area contributed by atoms with Crippen molar-refractivity contribution < 1.29 is 38.1 Å². The van der Waals surface area contributed by atoms with Crippen molar-refractivity contribution >= 4 is 17.9 Å². The molecule has 0 N–H and O–H groups in total. The summed E-state index contributed by atoms with van der Waals surface area (Å²) in [5, 5.41) is 0. The van der Waals surface area contributed by atoms with Crippen molar-refractivity contribution in [3.05, 3.63) is 0 Å². The van der Waals surface area contributed by atoms with E-state index < -0.39 is 42.5 Å². The second-order valence-corrected chi connectivity index (χ2v) is 4.60. The van der Waals surface area contributed by atoms with Gasteiger partial charge in [0.2, 0.25) is 0 Å². The summed E-state index contributed by atoms with van der Waals surface area (Å²) >= 11 is 0. The van der Waals surface area contributed by atoms with E-state index in [4.69, 9.17) is 23.7 Å². The molecule has 8 nitrogen and oxygen atoms in total. The predicted molar refractivity (Wildman–Crippen MR) is 68.0 cm³/mol. The van der Waals surface area contributed by atoms with E-state index in [-0.39, 0.29) is 6.61 Å². The van der Waals surface area contributed by atoms with Gasteiger partial charge in [0.05, 0.1) is 0 Å². The third-order valence-corrected chi connectivity index (χ3v) is 2.81. The lowest BCUT2D eigenvalue weighted by molar-refractivity contribution is -0.186. The monoisotopic (exact) mass is 304 g/mol. The zero-order valence-corrected chi connectivity index (χ0v) is 12.5. The maximum Gasteiger partial charge on any atom is 0.303 e. The minimum atomic E-state index is -0.879. The number of ether oxygens (including phenoxy) is 5. The van der Waals surface area contributed by atoms with Crippen LogP contribution in [0.3, 0.4) is 0 Å². The minimum Gasteiger partial charge on any atom is -0.462 e. The van der Waals surface area contributed by atoms with Crippen LogP contribution in [0, 0.1) is 0 Å². The molecule has 4 atom stereocenters. The second kappa shape index (κ2) is 7.94. The highest BCUT2D eigenvalue weighted by molar-refractivity contribution is 5.67. The Hall–Kier alpha value is -1.67. The average Bonchev–Trinajstić information content (AvgIpc) is 2.76. The van der Waals surface area contributed by atoms with Crippen LogP contribution >= 0.6 is 0 Å². The number of hydrogen-bond acceptors (Lipinski definition) is 8. The molecule has 1 rings (SSSR count). The Morgan fingerprint density at radius 2 is 1.81 bits per heavy atom. The molecule has 0 aliphatic carbocycles. The van der Waals surface area contributed by atoms with E-state index in [1.165, 1.54) is 27.9 Å². The van der Waals surface area contributed by atoms with Gasteiger partial charge in [-0.3, -0.25) is 14.4 Å². The van der Waals surface area contributed by atoms with Gasteiger partial charge >= 0.3 is 17.9 Å². The van der Waals surface area contributed by atoms with E-state index in [0.717, 1.165) is 0 Å². The molecule has 21 heavy (non-hydrogen) atoms. The SMILES string of the molecule is CO[C@@H]1C[C@@H](OC(C)=O)[C@@H]([C@H](COC(C)=O)OC(C)=O)O1. The Bertz CT molecular complexity index is 394. The van der Waals surface area contributed by atoms with Crippen LogP contribution in [0.15, 0.2) is 0 Å². The summed E-state index contributed by atoms with van der Waals surface area (Å²) < 4.78 is 25.7. The molecule has 1 aliphatic rings. The Morgan fingerprint density at radius 1 is 1.14 bits per heavy atom. The van der Waals surface area contributed by atoms with Crippen LogP contribution in [0.5, 0.6) is 0 Å². The topological polar surface area (TPSA) is 97.4 Å². The van der Waals surface area contributed by atoms with Gasteiger partial charge in [-0.1, -0.05) is 0 Å². The molecule has 0 bridgehead atoms. The Morgan fingerprint density at radius 3 is 2.29 bits per heavy atom. The van der Waals surface area contributed by atoms with Gasteiger partial charge in [0.25, 0.3) is 0 Å². The number of esters is 3. The van der Waals surface area contributed by atoms with Crippen molar-refractivity contribution in [3.8, 4) is 0 Å². The van der Waals surface area contributed by atoms with E-state index in [1.807, 2.05) is 0 Å². The predicted octanol–water partition coefficient (Wildman–Crippen LogP) is 0.174. The summed E-state index contributed by atoms with van der Waals surface area (Å²) in [6.07, 6.45) is -2.57. The van der Waals surface area contributed by atoms with E-state index in [9.17, 15) is 14.4 Å². The van der Waals surface area contributed by atoms with E-state index in [2.05, 4.69) is 0 Å². The number of carbonyl (C=O) groups is 3. The number of carbonyl (C=O) groups excluding carboxylic acids is 3. The Labute approximate surface area is 122 Å². The van der Waals surface area contributed by atoms with Crippen molar-refractivity contribution in [2.75, 3.05) is 13.7 Å². The summed E-state index contributed by atoms with van der Waals surface area (Å²) in [4.78, 5) is 33.2. The molecule has 0 aromatic carbocycles. The molecule has 1 saturated heterocycles. The molecule has 0 unspecified atom stereocenters. The van der Waals surface area contributed by atoms with E-state index in [0.29, 0.717) is 6.42 Å². The van der Waals surface area contributed by atoms with Gasteiger partial charge in [0.15, 0.2) is 12.4 Å². The summed E-state index contributed by atoms with van der Waals surface area (Å²) in [5.41, 5.74) is 0. The zero-order chi connectivity index (χ0) is 16.0. The van der Waals surface area contributed by atoms with Crippen molar-refractivity contribution in [3.63, 3.8) is 0 Å². The smallest absolute Gasteiger partial charge is 0.303 e. The van der Waals surface area contributed by atoms with Crippen LogP contribution in [-0.2, 0) is 38.1 Å². The van der Waals surface area contributed by atoms with Crippen molar-refractivity contribution in [2.24, 2.45) is 0 Å². The molecule has 1 fully saturated rings. The molecule has 0 amide bonds. The molecule has 1 aliphatic heterocycles. The molecule has 0 spiro atoms. The van der Waals surface area contributed by atoms with Crippen LogP contribution in [0.25, 0.3) is 0 Å². The van der Waals surface area contributed by atoms with Gasteiger partial charge in [-0.15, -0.1) is 0 Å². The van der Waals surface area contributed by atoms with Gasteiger partial charge in [-0.25, -0.2) is 0 Å². The fourth-order valence-corrected chi connectivity index (χ4v) is 2.06. The van der Waals surface area contributed by atoms with Crippen LogP contribution in [-0.4, -0.2) is 56.2 Å². The van der Waals surface area contributed by atoms with Crippen LogP contribution < -0.4 is 0 Å². The Balaban J connectivity index is 2.81. The first-order valence-corrected chi connectivity index (χ1v) is 6.49. The lowest BCUT2D eigenvalue weighted by Gasteiger charge is -2.26. The molecule has 8 heteroatoms. The molecule has 0 saturated carbocycles. The quantitative estimate of drug-likeness (QED) is 0.506. The average molecular weight is 304 g/mol. The lowest BCUT2D eigenvalue weighted by Crippen LogP contribution is -2.42. The normalized spacial score (nSPS) is 26.0. The van der Waals surface area contributed by atoms with Crippen LogP contribution in [0.2, 0.25) is 0 Å². The van der Waals surface area contributed by atoms with Gasteiger partial charge in [-0.2, -0.15) is 0 Å². The Kier molecular flexibility index (Phi) is 6.57. The van der Waals surface area contributed by atoms with Crippen LogP contribution in [0.4, 0.5) is 0 Å². The van der Waals surface area contributed by atoms with Crippen molar-refractivity contribution in [1.29, 1.82) is 0 Å². The van der Waals surface area contributed by atoms with E-state index >= 15 is 0 Å². The number of methoxy groups -OCH3 is 1. The molecule has 0 aromatic heterocycles. The third-order valence-electron chi connectivity index (χ3n) is 2.81. The standard InChI is InChI=1S/C13H20O8/c1-7(14)18-6-11(20-9(3)16)13-10(19-8(2)15)5-12(17-4)21-13/h10-13H,5-6H2,1-4H3/t10-,11+,12+,13+/m1/s1. The van der Waals surface area contributed by atoms with Gasteiger partial charge in [-0.05, 0) is 0 Å². The first-order chi connectivity index (χ1) is 9.83. The molecule has 1 heterocycles. The van der Waals surface area contributed by atoms with Gasteiger partial charge in [0.1, 0.15) is 18.8 Å². The van der Waals surface area contributed by atoms with Crippen LogP contribution in [0.1, 0.15) is 27.2 Å². The summed E-state index contributed by atoms with van der Waals surface area (Å²) in [7, 11) is 1.45. The molecular weight excluding hydrogens is 284 g/mol. The minimum absolute atomic E-state index is 0.187. The highest BCUT2D eigenvalue weighted by Crippen LogP contribution is 2.28. The maximum atomic E-state index is 11.2. The fraction of sp³-hybridized carbons (Fsp3) is 0.769. The fourth-order valence-electron chi connectivity index (χ4n) is 2.06. The highest BCUT2D eigenvalue weighted by Gasteiger charge is 2.44. The van der Waals surface area contributed by atoms with Gasteiger partial charge in [0, 0.05) is 34.3 Å². The molecule has 0 aromatic rings. The summed E-state index contributed by atoms with van der Waals surface area (Å²) in [6.45, 7) is 3.55. The first-order valence-electron chi connectivity index (χ1n) is 6.49. The largest absolute Gasteiger partial charge is 0.462 e. The lowest BCUT2D eigenvalue weighted by atomic mass is 10.1. The zero-order valence-electron chi connectivity index (χ0n) is 12.5. The van der Waals surface area contributed by atoms with Crippen molar-refractivity contribution in [1.82, 2.24) is 0 Å². The number of hydrogen-bond donors (Lipinski definition) is 0. The van der Waals surface area contributed by atoms with E-state index in [1.54, 1.807) is 0 Å². The summed E-state index contributed by atoms with van der Waals surface area (Å²) in [5.74, 6) is -1.56. The number of rotatable bonds is 6. The molecular formula is C13H20O8. The molecule has 0 radical (unpaired) electrons. The van der Waals surface area contributed by atoms with Crippen molar-refractivity contribution in [2.45, 2.75) is 51.8 Å². The van der Waals surface area contributed by atoms with Gasteiger partial charge < -0.3 is 23.7 Å². The second-order valence-electron chi connectivity index (χ2n) is 4.60. The third kappa shape index (κ3) is 5.68. The first kappa shape index (κ1) is 17.4. The maximum absolute atomic E-state index is 11.2. The molecule has 120 valence electrons.